The van der Waals surface area contributed by atoms with Crippen LogP contribution in [0.1, 0.15) is 44.9 Å². The maximum Gasteiger partial charge on any atom is 0.226 e. The van der Waals surface area contributed by atoms with Crippen LogP contribution in [-0.4, -0.2) is 38.7 Å². The minimum Gasteiger partial charge on any atom is -0.392 e. The molecule has 0 heterocycles. The van der Waals surface area contributed by atoms with Gasteiger partial charge in [-0.2, -0.15) is 0 Å². The highest BCUT2D eigenvalue weighted by molar-refractivity contribution is 8.06. The quantitative estimate of drug-likeness (QED) is 0.712. The molecule has 9 heteroatoms. The second-order valence-corrected chi connectivity index (χ2v) is 10.1. The lowest BCUT2D eigenvalue weighted by atomic mass is 9.85. The van der Waals surface area contributed by atoms with Crippen molar-refractivity contribution in [2.24, 2.45) is 5.73 Å². The van der Waals surface area contributed by atoms with Gasteiger partial charge in [0.1, 0.15) is 0 Å². The molecule has 0 aromatic heterocycles. The molecule has 6 nitrogen and oxygen atoms in total. The van der Waals surface area contributed by atoms with Gasteiger partial charge in [-0.1, -0.05) is 44.3 Å². The van der Waals surface area contributed by atoms with E-state index in [1.54, 1.807) is 0 Å². The van der Waals surface area contributed by atoms with Crippen molar-refractivity contribution in [1.82, 2.24) is 4.72 Å². The smallest absolute Gasteiger partial charge is 0.226 e. The summed E-state index contributed by atoms with van der Waals surface area (Å²) in [6, 6.07) is 0. The van der Waals surface area contributed by atoms with Crippen molar-refractivity contribution in [2.75, 3.05) is 11.3 Å². The Hall–Kier alpha value is -0.250. The summed E-state index contributed by atoms with van der Waals surface area (Å²) in [5, 5.41) is -0.940. The van der Waals surface area contributed by atoms with E-state index in [0.717, 1.165) is 38.4 Å². The summed E-state index contributed by atoms with van der Waals surface area (Å²) >= 11 is 5.04. The molecule has 0 bridgehead atoms. The molecular formula is C11H22N2O4S3. The highest BCUT2D eigenvalue weighted by Gasteiger charge is 2.38. The first-order valence-electron chi connectivity index (χ1n) is 6.56. The zero-order valence-electron chi connectivity index (χ0n) is 11.6. The molecule has 0 radical (unpaired) electrons. The summed E-state index contributed by atoms with van der Waals surface area (Å²) in [6.45, 7) is 0. The van der Waals surface area contributed by atoms with Crippen molar-refractivity contribution >= 4 is 37.1 Å². The Morgan fingerprint density at radius 2 is 1.55 bits per heavy atom. The number of sulfone groups is 1. The Labute approximate surface area is 126 Å². The molecule has 0 aromatic carbocycles. The van der Waals surface area contributed by atoms with Crippen LogP contribution in [0, 0.1) is 0 Å². The molecule has 1 fully saturated rings. The van der Waals surface area contributed by atoms with E-state index in [-0.39, 0.29) is 4.99 Å². The lowest BCUT2D eigenvalue weighted by molar-refractivity contribution is 0.372. The minimum atomic E-state index is -3.98. The van der Waals surface area contributed by atoms with Gasteiger partial charge < -0.3 is 5.73 Å². The molecule has 0 aromatic rings. The Kier molecular flexibility index (Phi) is 5.94. The third kappa shape index (κ3) is 5.63. The minimum absolute atomic E-state index is 0.0940. The molecule has 20 heavy (non-hydrogen) atoms. The van der Waals surface area contributed by atoms with Gasteiger partial charge in [0.15, 0.2) is 14.9 Å². The maximum atomic E-state index is 12.0. The van der Waals surface area contributed by atoms with Crippen molar-refractivity contribution in [3.8, 4) is 0 Å². The van der Waals surface area contributed by atoms with Crippen LogP contribution in [0.5, 0.6) is 0 Å². The van der Waals surface area contributed by atoms with Crippen LogP contribution < -0.4 is 10.5 Å². The summed E-state index contributed by atoms with van der Waals surface area (Å²) in [6.07, 6.45) is 6.67. The average molecular weight is 343 g/mol. The van der Waals surface area contributed by atoms with Crippen LogP contribution in [0.15, 0.2) is 0 Å². The van der Waals surface area contributed by atoms with Crippen LogP contribution in [0.25, 0.3) is 0 Å². The predicted molar refractivity (Wildman–Crippen MR) is 83.6 cm³/mol. The number of hydrogen-bond donors (Lipinski definition) is 2. The van der Waals surface area contributed by atoms with Gasteiger partial charge in [-0.25, -0.2) is 21.6 Å². The molecule has 1 aliphatic carbocycles. The number of nitrogens with two attached hydrogens (primary N) is 1. The molecule has 0 saturated heterocycles. The third-order valence-corrected chi connectivity index (χ3v) is 7.45. The molecular weight excluding hydrogens is 320 g/mol. The highest BCUT2D eigenvalue weighted by Crippen LogP contribution is 2.27. The Morgan fingerprint density at radius 1 is 1.10 bits per heavy atom. The Bertz CT molecular complexity index is 546. The second kappa shape index (κ2) is 6.67. The summed E-state index contributed by atoms with van der Waals surface area (Å²) in [5.74, 6) is 0. The van der Waals surface area contributed by atoms with Gasteiger partial charge in [-0.15, -0.1) is 0 Å². The monoisotopic (exact) mass is 342 g/mol. The zero-order chi connectivity index (χ0) is 15.4. The first-order valence-corrected chi connectivity index (χ1v) is 10.7. The standard InChI is InChI=1S/C11H22N2O4S3/c1-19(14,15)9-20(16,17)13-11(10(12)18)7-5-3-2-4-6-8-11/h13H,2-9H2,1H3,(H2,12,18). The molecule has 0 amide bonds. The van der Waals surface area contributed by atoms with E-state index >= 15 is 0 Å². The fraction of sp³-hybridized carbons (Fsp3) is 0.909. The molecule has 1 aliphatic rings. The average Bonchev–Trinajstić information content (AvgIpc) is 2.17. The number of nitrogens with one attached hydrogen (secondary N) is 1. The summed E-state index contributed by atoms with van der Waals surface area (Å²) < 4.78 is 48.9. The van der Waals surface area contributed by atoms with Crippen LogP contribution >= 0.6 is 12.2 Å². The van der Waals surface area contributed by atoms with Crippen LogP contribution in [0.2, 0.25) is 0 Å². The van der Waals surface area contributed by atoms with E-state index in [1.165, 1.54) is 0 Å². The number of thiocarbonyl (C=S) groups is 1. The number of hydrogen-bond acceptors (Lipinski definition) is 5. The largest absolute Gasteiger partial charge is 0.392 e. The lowest BCUT2D eigenvalue weighted by Gasteiger charge is -2.35. The molecule has 3 N–H and O–H groups in total. The van der Waals surface area contributed by atoms with E-state index in [0.29, 0.717) is 12.8 Å². The number of rotatable bonds is 5. The van der Waals surface area contributed by atoms with Crippen LogP contribution in [0.4, 0.5) is 0 Å². The van der Waals surface area contributed by atoms with Gasteiger partial charge in [0.2, 0.25) is 10.0 Å². The second-order valence-electron chi connectivity index (χ2n) is 5.47. The van der Waals surface area contributed by atoms with Crippen molar-refractivity contribution in [2.45, 2.75) is 50.5 Å². The van der Waals surface area contributed by atoms with Gasteiger partial charge >= 0.3 is 0 Å². The summed E-state index contributed by atoms with van der Waals surface area (Å²) in [7, 11) is -7.61. The Balaban J connectivity index is 2.98. The van der Waals surface area contributed by atoms with Crippen molar-refractivity contribution in [1.29, 1.82) is 0 Å². The van der Waals surface area contributed by atoms with Gasteiger partial charge in [-0.05, 0) is 12.8 Å². The normalized spacial score (nSPS) is 20.9. The number of sulfonamides is 1. The first kappa shape index (κ1) is 17.8. The summed E-state index contributed by atoms with van der Waals surface area (Å²) in [5.41, 5.74) is 4.76. The maximum absolute atomic E-state index is 12.0. The lowest BCUT2D eigenvalue weighted by Crippen LogP contribution is -2.57. The topological polar surface area (TPSA) is 106 Å². The highest BCUT2D eigenvalue weighted by atomic mass is 32.3. The van der Waals surface area contributed by atoms with Crippen molar-refractivity contribution in [3.63, 3.8) is 0 Å². The van der Waals surface area contributed by atoms with Crippen molar-refractivity contribution in [3.05, 3.63) is 0 Å². The molecule has 0 atom stereocenters. The fourth-order valence-corrected chi connectivity index (χ4v) is 6.24. The summed E-state index contributed by atoms with van der Waals surface area (Å²) in [4.78, 5) is 0.0940. The van der Waals surface area contributed by atoms with Gasteiger partial charge in [0.25, 0.3) is 0 Å². The van der Waals surface area contributed by atoms with Crippen LogP contribution in [-0.2, 0) is 19.9 Å². The van der Waals surface area contributed by atoms with E-state index in [9.17, 15) is 16.8 Å². The van der Waals surface area contributed by atoms with E-state index < -0.39 is 30.5 Å². The van der Waals surface area contributed by atoms with E-state index in [2.05, 4.69) is 4.72 Å². The van der Waals surface area contributed by atoms with Crippen LogP contribution in [0.3, 0.4) is 0 Å². The molecule has 0 aliphatic heterocycles. The van der Waals surface area contributed by atoms with Gasteiger partial charge in [0, 0.05) is 6.26 Å². The van der Waals surface area contributed by atoms with E-state index in [4.69, 9.17) is 18.0 Å². The zero-order valence-corrected chi connectivity index (χ0v) is 14.0. The van der Waals surface area contributed by atoms with Gasteiger partial charge in [0.05, 0.1) is 10.5 Å². The molecule has 118 valence electrons. The van der Waals surface area contributed by atoms with Crippen molar-refractivity contribution < 1.29 is 16.8 Å². The first-order chi connectivity index (χ1) is 9.06. The molecule has 1 saturated carbocycles. The SMILES string of the molecule is CS(=O)(=O)CS(=O)(=O)NC1(C(N)=S)CCCCCCC1. The van der Waals surface area contributed by atoms with Gasteiger partial charge in [-0.3, -0.25) is 0 Å². The molecule has 1 rings (SSSR count). The van der Waals surface area contributed by atoms with E-state index in [1.807, 2.05) is 0 Å². The molecule has 0 unspecified atom stereocenters. The Morgan fingerprint density at radius 3 is 1.95 bits per heavy atom. The predicted octanol–water partition coefficient (Wildman–Crippen LogP) is 0.677. The third-order valence-electron chi connectivity index (χ3n) is 3.40. The molecule has 0 spiro atoms. The fourth-order valence-electron chi connectivity index (χ4n) is 2.52.